The van der Waals surface area contributed by atoms with Crippen molar-refractivity contribution in [3.63, 3.8) is 0 Å². The monoisotopic (exact) mass is 404 g/mol. The van der Waals surface area contributed by atoms with Crippen molar-refractivity contribution in [2.24, 2.45) is 0 Å². The van der Waals surface area contributed by atoms with E-state index in [1.54, 1.807) is 37.3 Å². The van der Waals surface area contributed by atoms with Gasteiger partial charge < -0.3 is 10.2 Å². The van der Waals surface area contributed by atoms with Crippen LogP contribution in [0.1, 0.15) is 37.8 Å². The molecule has 0 fully saturated rings. The highest BCUT2D eigenvalue weighted by Gasteiger charge is 2.26. The van der Waals surface area contributed by atoms with Crippen molar-refractivity contribution in [1.82, 2.24) is 10.2 Å². The van der Waals surface area contributed by atoms with Crippen LogP contribution in [0.5, 0.6) is 0 Å². The summed E-state index contributed by atoms with van der Waals surface area (Å²) in [7, 11) is 0. The summed E-state index contributed by atoms with van der Waals surface area (Å²) in [6.45, 7) is 4.54. The molecule has 28 heavy (non-hydrogen) atoms. The van der Waals surface area contributed by atoms with Gasteiger partial charge in [-0.2, -0.15) is 0 Å². The first kappa shape index (κ1) is 21.9. The highest BCUT2D eigenvalue weighted by atomic mass is 35.5. The van der Waals surface area contributed by atoms with E-state index in [0.717, 1.165) is 18.4 Å². The van der Waals surface area contributed by atoms with Gasteiger partial charge in [-0.05, 0) is 42.7 Å². The molecule has 0 aliphatic carbocycles. The Bertz CT molecular complexity index is 795. The van der Waals surface area contributed by atoms with Gasteiger partial charge in [-0.25, -0.2) is 4.39 Å². The van der Waals surface area contributed by atoms with Crippen LogP contribution < -0.4 is 5.32 Å². The second-order valence-electron chi connectivity index (χ2n) is 6.74. The number of hydrogen-bond acceptors (Lipinski definition) is 2. The molecule has 0 saturated carbocycles. The lowest BCUT2D eigenvalue weighted by atomic mass is 10.1. The minimum Gasteiger partial charge on any atom is -0.354 e. The lowest BCUT2D eigenvalue weighted by Crippen LogP contribution is -2.48. The molecule has 0 aliphatic rings. The Morgan fingerprint density at radius 1 is 1.14 bits per heavy atom. The first-order valence-electron chi connectivity index (χ1n) is 9.47. The molecule has 0 spiro atoms. The second-order valence-corrected chi connectivity index (χ2v) is 7.14. The molecule has 0 saturated heterocycles. The van der Waals surface area contributed by atoms with Crippen LogP contribution in [0.2, 0.25) is 5.02 Å². The van der Waals surface area contributed by atoms with E-state index in [9.17, 15) is 14.0 Å². The normalized spacial score (nSPS) is 11.7. The number of carbonyl (C=O) groups excluding carboxylic acids is 2. The van der Waals surface area contributed by atoms with Crippen molar-refractivity contribution in [1.29, 1.82) is 0 Å². The highest BCUT2D eigenvalue weighted by molar-refractivity contribution is 6.31. The highest BCUT2D eigenvalue weighted by Crippen LogP contribution is 2.18. The van der Waals surface area contributed by atoms with Gasteiger partial charge in [0.15, 0.2) is 0 Å². The summed E-state index contributed by atoms with van der Waals surface area (Å²) in [6, 6.07) is 12.4. The van der Waals surface area contributed by atoms with Gasteiger partial charge in [-0.3, -0.25) is 9.59 Å². The van der Waals surface area contributed by atoms with E-state index in [4.69, 9.17) is 11.6 Å². The summed E-state index contributed by atoms with van der Waals surface area (Å²) < 4.78 is 13.2. The van der Waals surface area contributed by atoms with E-state index >= 15 is 0 Å². The van der Waals surface area contributed by atoms with Gasteiger partial charge in [0.25, 0.3) is 0 Å². The molecule has 4 nitrogen and oxygen atoms in total. The van der Waals surface area contributed by atoms with Crippen molar-refractivity contribution in [3.8, 4) is 0 Å². The van der Waals surface area contributed by atoms with Gasteiger partial charge in [0.1, 0.15) is 11.9 Å². The summed E-state index contributed by atoms with van der Waals surface area (Å²) in [5.74, 6) is -0.762. The molecule has 1 atom stereocenters. The quantitative estimate of drug-likeness (QED) is 0.631. The van der Waals surface area contributed by atoms with Gasteiger partial charge >= 0.3 is 0 Å². The molecule has 2 rings (SSSR count). The lowest BCUT2D eigenvalue weighted by molar-refractivity contribution is -0.140. The SMILES string of the molecule is CCCCNC(=O)[C@H](C)N(Cc1ccc(F)cc1)C(=O)Cc1ccccc1Cl. The smallest absolute Gasteiger partial charge is 0.242 e. The zero-order chi connectivity index (χ0) is 20.5. The fraction of sp³-hybridized carbons (Fsp3) is 0.364. The summed E-state index contributed by atoms with van der Waals surface area (Å²) >= 11 is 6.19. The molecule has 6 heteroatoms. The van der Waals surface area contributed by atoms with Crippen molar-refractivity contribution < 1.29 is 14.0 Å². The summed E-state index contributed by atoms with van der Waals surface area (Å²) in [6.07, 6.45) is 1.94. The van der Waals surface area contributed by atoms with E-state index in [0.29, 0.717) is 17.1 Å². The number of halogens is 2. The molecule has 0 bridgehead atoms. The minimum atomic E-state index is -0.656. The average Bonchev–Trinajstić information content (AvgIpc) is 2.68. The number of rotatable bonds is 9. The predicted octanol–water partition coefficient (Wildman–Crippen LogP) is 4.36. The molecule has 2 aromatic rings. The molecule has 0 aromatic heterocycles. The molecule has 1 N–H and O–H groups in total. The van der Waals surface area contributed by atoms with Crippen molar-refractivity contribution in [2.45, 2.75) is 45.7 Å². The van der Waals surface area contributed by atoms with Gasteiger partial charge in [0, 0.05) is 18.1 Å². The zero-order valence-corrected chi connectivity index (χ0v) is 17.0. The van der Waals surface area contributed by atoms with Gasteiger partial charge in [-0.1, -0.05) is 55.3 Å². The van der Waals surface area contributed by atoms with Crippen LogP contribution in [0.15, 0.2) is 48.5 Å². The molecule has 0 unspecified atom stereocenters. The van der Waals surface area contributed by atoms with Gasteiger partial charge in [0.05, 0.1) is 6.42 Å². The van der Waals surface area contributed by atoms with Crippen LogP contribution in [0.25, 0.3) is 0 Å². The number of benzene rings is 2. The summed E-state index contributed by atoms with van der Waals surface area (Å²) in [5.41, 5.74) is 1.46. The molecular weight excluding hydrogens is 379 g/mol. The fourth-order valence-electron chi connectivity index (χ4n) is 2.81. The van der Waals surface area contributed by atoms with E-state index in [1.165, 1.54) is 17.0 Å². The molecule has 150 valence electrons. The maximum Gasteiger partial charge on any atom is 0.242 e. The van der Waals surface area contributed by atoms with Crippen LogP contribution in [0, 0.1) is 5.82 Å². The Morgan fingerprint density at radius 3 is 2.46 bits per heavy atom. The van der Waals surface area contributed by atoms with Crippen molar-refractivity contribution in [2.75, 3.05) is 6.54 Å². The van der Waals surface area contributed by atoms with E-state index in [2.05, 4.69) is 5.32 Å². The topological polar surface area (TPSA) is 49.4 Å². The standard InChI is InChI=1S/C22H26ClFN2O2/c1-3-4-13-25-22(28)16(2)26(15-17-9-11-19(24)12-10-17)21(27)14-18-7-5-6-8-20(18)23/h5-12,16H,3-4,13-15H2,1-2H3,(H,25,28)/t16-/m0/s1. The molecule has 0 heterocycles. The molecule has 2 amide bonds. The first-order chi connectivity index (χ1) is 13.4. The average molecular weight is 405 g/mol. The van der Waals surface area contributed by atoms with E-state index in [-0.39, 0.29) is 30.6 Å². The number of nitrogens with zero attached hydrogens (tertiary/aromatic N) is 1. The molecule has 0 aliphatic heterocycles. The Morgan fingerprint density at radius 2 is 1.82 bits per heavy atom. The third kappa shape index (κ3) is 6.34. The van der Waals surface area contributed by atoms with E-state index in [1.807, 2.05) is 13.0 Å². The Labute approximate surface area is 170 Å². The number of amides is 2. The van der Waals surface area contributed by atoms with Gasteiger partial charge in [0.2, 0.25) is 11.8 Å². The van der Waals surface area contributed by atoms with Crippen molar-refractivity contribution in [3.05, 3.63) is 70.5 Å². The maximum atomic E-state index is 13.2. The minimum absolute atomic E-state index is 0.0907. The maximum absolute atomic E-state index is 13.2. The Kier molecular flexibility index (Phi) is 8.45. The zero-order valence-electron chi connectivity index (χ0n) is 16.3. The molecule has 2 aromatic carbocycles. The third-order valence-corrected chi connectivity index (χ3v) is 4.93. The van der Waals surface area contributed by atoms with Gasteiger partial charge in [-0.15, -0.1) is 0 Å². The number of carbonyl (C=O) groups is 2. The molecule has 0 radical (unpaired) electrons. The van der Waals surface area contributed by atoms with Crippen LogP contribution >= 0.6 is 11.6 Å². The number of unbranched alkanes of at least 4 members (excludes halogenated alkanes) is 1. The second kappa shape index (κ2) is 10.8. The largest absolute Gasteiger partial charge is 0.354 e. The lowest BCUT2D eigenvalue weighted by Gasteiger charge is -2.29. The van der Waals surface area contributed by atoms with Crippen LogP contribution in [-0.4, -0.2) is 29.3 Å². The van der Waals surface area contributed by atoms with E-state index < -0.39 is 6.04 Å². The fourth-order valence-corrected chi connectivity index (χ4v) is 3.01. The number of nitrogens with one attached hydrogen (secondary N) is 1. The molecular formula is C22H26ClFN2O2. The first-order valence-corrected chi connectivity index (χ1v) is 9.85. The van der Waals surface area contributed by atoms with Crippen LogP contribution in [0.3, 0.4) is 0 Å². The third-order valence-electron chi connectivity index (χ3n) is 4.56. The Balaban J connectivity index is 2.18. The van der Waals surface area contributed by atoms with Crippen molar-refractivity contribution >= 4 is 23.4 Å². The summed E-state index contributed by atoms with van der Waals surface area (Å²) in [5, 5.41) is 3.38. The number of hydrogen-bond donors (Lipinski definition) is 1. The predicted molar refractivity (Wildman–Crippen MR) is 109 cm³/mol. The summed E-state index contributed by atoms with van der Waals surface area (Å²) in [4.78, 5) is 27.1. The van der Waals surface area contributed by atoms with Crippen LogP contribution in [-0.2, 0) is 22.6 Å². The van der Waals surface area contributed by atoms with Crippen LogP contribution in [0.4, 0.5) is 4.39 Å². The Hall–Kier alpha value is -2.40.